The summed E-state index contributed by atoms with van der Waals surface area (Å²) in [7, 11) is 3.49. The molecule has 0 saturated carbocycles. The van der Waals surface area contributed by atoms with Crippen LogP contribution in [0.4, 0.5) is 17.1 Å². The zero-order valence-corrected chi connectivity index (χ0v) is 14.1. The van der Waals surface area contributed by atoms with Crippen LogP contribution in [0.2, 0.25) is 0 Å². The molecule has 1 heterocycles. The highest BCUT2D eigenvalue weighted by Gasteiger charge is 2.16. The number of ether oxygens (including phenoxy) is 1. The molecule has 0 aliphatic heterocycles. The summed E-state index contributed by atoms with van der Waals surface area (Å²) in [6.07, 6.45) is 3.19. The Labute approximate surface area is 146 Å². The van der Waals surface area contributed by atoms with Crippen molar-refractivity contribution in [2.45, 2.75) is 0 Å². The predicted octanol–water partition coefficient (Wildman–Crippen LogP) is 4.11. The summed E-state index contributed by atoms with van der Waals surface area (Å²) in [4.78, 5) is 18.8. The first kappa shape index (κ1) is 16.5. The molecule has 0 saturated heterocycles. The van der Waals surface area contributed by atoms with Crippen molar-refractivity contribution in [3.8, 4) is 5.75 Å². The van der Waals surface area contributed by atoms with Crippen LogP contribution in [0.3, 0.4) is 0 Å². The molecule has 0 bridgehead atoms. The van der Waals surface area contributed by atoms with Crippen LogP contribution in [0.15, 0.2) is 73.1 Å². The summed E-state index contributed by atoms with van der Waals surface area (Å²) in [5.74, 6) is 0.349. The lowest BCUT2D eigenvalue weighted by Gasteiger charge is -2.22. The van der Waals surface area contributed by atoms with E-state index in [1.165, 1.54) is 0 Å². The van der Waals surface area contributed by atoms with Crippen LogP contribution in [0.1, 0.15) is 10.4 Å². The summed E-state index contributed by atoms with van der Waals surface area (Å²) in [5, 5.41) is 2.87. The third-order valence-electron chi connectivity index (χ3n) is 3.90. The Morgan fingerprint density at radius 1 is 1.04 bits per heavy atom. The Hall–Kier alpha value is -3.34. The van der Waals surface area contributed by atoms with Gasteiger partial charge < -0.3 is 15.0 Å². The zero-order valence-electron chi connectivity index (χ0n) is 14.1. The molecule has 2 aromatic carbocycles. The monoisotopic (exact) mass is 333 g/mol. The van der Waals surface area contributed by atoms with Gasteiger partial charge in [-0.1, -0.05) is 30.3 Å². The van der Waals surface area contributed by atoms with Gasteiger partial charge in [0.05, 0.1) is 24.6 Å². The highest BCUT2D eigenvalue weighted by Crippen LogP contribution is 2.28. The molecule has 0 radical (unpaired) electrons. The Bertz CT molecular complexity index is 866. The number of nitrogens with one attached hydrogen (secondary N) is 1. The maximum Gasteiger partial charge on any atom is 0.257 e. The number of hydrogen-bond acceptors (Lipinski definition) is 4. The fourth-order valence-corrected chi connectivity index (χ4v) is 2.59. The summed E-state index contributed by atoms with van der Waals surface area (Å²) < 4.78 is 5.26. The first-order chi connectivity index (χ1) is 12.2. The summed E-state index contributed by atoms with van der Waals surface area (Å²) >= 11 is 0. The van der Waals surface area contributed by atoms with E-state index in [1.807, 2.05) is 60.5 Å². The molecule has 1 amide bonds. The van der Waals surface area contributed by atoms with Crippen molar-refractivity contribution in [3.63, 3.8) is 0 Å². The average Bonchev–Trinajstić information content (AvgIpc) is 2.68. The van der Waals surface area contributed by atoms with Gasteiger partial charge in [0.2, 0.25) is 0 Å². The van der Waals surface area contributed by atoms with E-state index in [2.05, 4.69) is 10.3 Å². The average molecular weight is 333 g/mol. The van der Waals surface area contributed by atoms with Crippen LogP contribution in [-0.4, -0.2) is 25.0 Å². The molecule has 0 unspecified atom stereocenters. The standard InChI is InChI=1S/C20H19N3O2/c1-23(15-8-4-3-5-9-15)18-11-7-6-10-16(18)20(24)22-17-14-21-13-12-19(17)25-2/h3-14H,1-2H3,(H,22,24). The number of methoxy groups -OCH3 is 1. The van der Waals surface area contributed by atoms with Gasteiger partial charge in [-0.25, -0.2) is 0 Å². The van der Waals surface area contributed by atoms with E-state index in [4.69, 9.17) is 4.74 Å². The summed E-state index contributed by atoms with van der Waals surface area (Å²) in [6.45, 7) is 0. The minimum absolute atomic E-state index is 0.218. The Balaban J connectivity index is 1.91. The molecule has 0 aliphatic rings. The molecule has 0 spiro atoms. The van der Waals surface area contributed by atoms with Gasteiger partial charge in [-0.15, -0.1) is 0 Å². The number of hydrogen-bond donors (Lipinski definition) is 1. The van der Waals surface area contributed by atoms with Crippen LogP contribution < -0.4 is 15.0 Å². The molecule has 0 fully saturated rings. The Morgan fingerprint density at radius 3 is 2.52 bits per heavy atom. The number of pyridine rings is 1. The fourth-order valence-electron chi connectivity index (χ4n) is 2.59. The van der Waals surface area contributed by atoms with Gasteiger partial charge in [0, 0.05) is 25.0 Å². The second kappa shape index (κ2) is 7.49. The molecular formula is C20H19N3O2. The van der Waals surface area contributed by atoms with Crippen molar-refractivity contribution in [2.24, 2.45) is 0 Å². The molecule has 5 nitrogen and oxygen atoms in total. The number of anilines is 3. The van der Waals surface area contributed by atoms with Gasteiger partial charge in [0.1, 0.15) is 11.4 Å². The van der Waals surface area contributed by atoms with Crippen molar-refractivity contribution >= 4 is 23.0 Å². The quantitative estimate of drug-likeness (QED) is 0.763. The third kappa shape index (κ3) is 3.61. The fraction of sp³-hybridized carbons (Fsp3) is 0.100. The minimum Gasteiger partial charge on any atom is -0.494 e. The van der Waals surface area contributed by atoms with Gasteiger partial charge in [-0.3, -0.25) is 9.78 Å². The van der Waals surface area contributed by atoms with Crippen molar-refractivity contribution in [3.05, 3.63) is 78.6 Å². The van der Waals surface area contributed by atoms with Crippen molar-refractivity contribution in [1.29, 1.82) is 0 Å². The molecule has 3 rings (SSSR count). The number of amides is 1. The van der Waals surface area contributed by atoms with Crippen LogP contribution in [0.25, 0.3) is 0 Å². The number of benzene rings is 2. The van der Waals surface area contributed by atoms with Gasteiger partial charge in [-0.05, 0) is 24.3 Å². The maximum absolute atomic E-state index is 12.8. The molecular weight excluding hydrogens is 314 g/mol. The van der Waals surface area contributed by atoms with E-state index < -0.39 is 0 Å². The van der Waals surface area contributed by atoms with Gasteiger partial charge in [0.15, 0.2) is 0 Å². The third-order valence-corrected chi connectivity index (χ3v) is 3.90. The summed E-state index contributed by atoms with van der Waals surface area (Å²) in [6, 6.07) is 19.1. The van der Waals surface area contributed by atoms with Gasteiger partial charge in [0.25, 0.3) is 5.91 Å². The number of carbonyl (C=O) groups excluding carboxylic acids is 1. The molecule has 25 heavy (non-hydrogen) atoms. The molecule has 3 aromatic rings. The maximum atomic E-state index is 12.8. The van der Waals surface area contributed by atoms with Crippen LogP contribution in [0.5, 0.6) is 5.75 Å². The molecule has 1 N–H and O–H groups in total. The zero-order chi connectivity index (χ0) is 17.6. The second-order valence-corrected chi connectivity index (χ2v) is 5.44. The van der Waals surface area contributed by atoms with E-state index in [0.29, 0.717) is 17.0 Å². The number of rotatable bonds is 5. The largest absolute Gasteiger partial charge is 0.494 e. The molecule has 126 valence electrons. The van der Waals surface area contributed by atoms with Gasteiger partial charge >= 0.3 is 0 Å². The number of carbonyl (C=O) groups is 1. The normalized spacial score (nSPS) is 10.2. The molecule has 1 aromatic heterocycles. The van der Waals surface area contributed by atoms with E-state index >= 15 is 0 Å². The number of para-hydroxylation sites is 2. The van der Waals surface area contributed by atoms with Crippen molar-refractivity contribution < 1.29 is 9.53 Å². The molecule has 0 atom stereocenters. The van der Waals surface area contributed by atoms with E-state index in [-0.39, 0.29) is 5.91 Å². The van der Waals surface area contributed by atoms with Crippen LogP contribution in [-0.2, 0) is 0 Å². The van der Waals surface area contributed by atoms with Crippen molar-refractivity contribution in [2.75, 3.05) is 24.4 Å². The lowest BCUT2D eigenvalue weighted by Crippen LogP contribution is -2.18. The lowest BCUT2D eigenvalue weighted by atomic mass is 10.1. The van der Waals surface area contributed by atoms with E-state index in [0.717, 1.165) is 11.4 Å². The number of nitrogens with zero attached hydrogens (tertiary/aromatic N) is 2. The Kier molecular flexibility index (Phi) is 4.95. The summed E-state index contributed by atoms with van der Waals surface area (Å²) in [5.41, 5.74) is 2.92. The predicted molar refractivity (Wildman–Crippen MR) is 99.7 cm³/mol. The lowest BCUT2D eigenvalue weighted by molar-refractivity contribution is 0.102. The van der Waals surface area contributed by atoms with Crippen LogP contribution in [0, 0.1) is 0 Å². The molecule has 5 heteroatoms. The first-order valence-corrected chi connectivity index (χ1v) is 7.88. The smallest absolute Gasteiger partial charge is 0.257 e. The first-order valence-electron chi connectivity index (χ1n) is 7.88. The van der Waals surface area contributed by atoms with Crippen LogP contribution >= 0.6 is 0 Å². The number of aromatic nitrogens is 1. The minimum atomic E-state index is -0.218. The van der Waals surface area contributed by atoms with Gasteiger partial charge in [-0.2, -0.15) is 0 Å². The van der Waals surface area contributed by atoms with Crippen molar-refractivity contribution in [1.82, 2.24) is 4.98 Å². The Morgan fingerprint density at radius 2 is 1.76 bits per heavy atom. The highest BCUT2D eigenvalue weighted by molar-refractivity contribution is 6.09. The highest BCUT2D eigenvalue weighted by atomic mass is 16.5. The van der Waals surface area contributed by atoms with E-state index in [9.17, 15) is 4.79 Å². The molecule has 0 aliphatic carbocycles. The van der Waals surface area contributed by atoms with E-state index in [1.54, 1.807) is 31.6 Å². The topological polar surface area (TPSA) is 54.5 Å². The second-order valence-electron chi connectivity index (χ2n) is 5.44. The SMILES string of the molecule is COc1ccncc1NC(=O)c1ccccc1N(C)c1ccccc1.